The van der Waals surface area contributed by atoms with Crippen molar-refractivity contribution < 1.29 is 0 Å². The van der Waals surface area contributed by atoms with Crippen molar-refractivity contribution >= 4 is 16.7 Å². The van der Waals surface area contributed by atoms with Crippen molar-refractivity contribution in [2.45, 2.75) is 33.4 Å². The molecule has 0 aliphatic carbocycles. The highest BCUT2D eigenvalue weighted by Gasteiger charge is 2.02. The predicted molar refractivity (Wildman–Crippen MR) is 87.0 cm³/mol. The molecule has 106 valence electrons. The van der Waals surface area contributed by atoms with Gasteiger partial charge in [0.05, 0.1) is 6.54 Å². The van der Waals surface area contributed by atoms with Crippen molar-refractivity contribution in [3.05, 3.63) is 48.0 Å². The number of guanidine groups is 1. The van der Waals surface area contributed by atoms with E-state index in [1.54, 1.807) is 0 Å². The van der Waals surface area contributed by atoms with Gasteiger partial charge >= 0.3 is 0 Å². The number of aliphatic imine (C=N–C) groups is 1. The van der Waals surface area contributed by atoms with Crippen LogP contribution < -0.4 is 10.6 Å². The van der Waals surface area contributed by atoms with Gasteiger partial charge in [0.2, 0.25) is 0 Å². The molecular formula is C17H23N3. The molecule has 0 radical (unpaired) electrons. The van der Waals surface area contributed by atoms with Crippen LogP contribution in [0.3, 0.4) is 0 Å². The van der Waals surface area contributed by atoms with Crippen LogP contribution in [0.5, 0.6) is 0 Å². The number of nitrogens with zero attached hydrogens (tertiary/aromatic N) is 1. The van der Waals surface area contributed by atoms with Crippen molar-refractivity contribution in [2.75, 3.05) is 6.54 Å². The van der Waals surface area contributed by atoms with Crippen LogP contribution in [0.4, 0.5) is 0 Å². The zero-order valence-electron chi connectivity index (χ0n) is 12.5. The Morgan fingerprint density at radius 2 is 1.85 bits per heavy atom. The maximum absolute atomic E-state index is 4.67. The molecule has 0 bridgehead atoms. The van der Waals surface area contributed by atoms with Gasteiger partial charge in [-0.25, -0.2) is 4.99 Å². The van der Waals surface area contributed by atoms with Gasteiger partial charge in [0.25, 0.3) is 0 Å². The molecule has 2 rings (SSSR count). The topological polar surface area (TPSA) is 36.4 Å². The second-order valence-electron chi connectivity index (χ2n) is 5.13. The van der Waals surface area contributed by atoms with E-state index in [-0.39, 0.29) is 0 Å². The predicted octanol–water partition coefficient (Wildman–Crippen LogP) is 3.30. The summed E-state index contributed by atoms with van der Waals surface area (Å²) in [6.45, 7) is 7.86. The lowest BCUT2D eigenvalue weighted by Crippen LogP contribution is -2.41. The van der Waals surface area contributed by atoms with Crippen LogP contribution in [0.2, 0.25) is 0 Å². The maximum Gasteiger partial charge on any atom is 0.191 e. The first-order valence-electron chi connectivity index (χ1n) is 7.22. The lowest BCUT2D eigenvalue weighted by atomic mass is 10.1. The van der Waals surface area contributed by atoms with Gasteiger partial charge in [-0.05, 0) is 37.1 Å². The van der Waals surface area contributed by atoms with Gasteiger partial charge in [0, 0.05) is 12.6 Å². The SMILES string of the molecule is CCNC(=NCc1cccc2ccccc12)NC(C)C. The van der Waals surface area contributed by atoms with Gasteiger partial charge < -0.3 is 10.6 Å². The standard InChI is InChI=1S/C17H23N3/c1-4-18-17(20-13(2)3)19-12-15-10-7-9-14-8-5-6-11-16(14)15/h5-11,13H,4,12H2,1-3H3,(H2,18,19,20). The number of fused-ring (bicyclic) bond motifs is 1. The van der Waals surface area contributed by atoms with Crippen molar-refractivity contribution in [3.8, 4) is 0 Å². The van der Waals surface area contributed by atoms with E-state index < -0.39 is 0 Å². The quantitative estimate of drug-likeness (QED) is 0.660. The summed E-state index contributed by atoms with van der Waals surface area (Å²) in [6, 6.07) is 15.2. The number of benzene rings is 2. The molecule has 2 aromatic rings. The van der Waals surface area contributed by atoms with Gasteiger partial charge in [-0.2, -0.15) is 0 Å². The number of hydrogen-bond donors (Lipinski definition) is 2. The summed E-state index contributed by atoms with van der Waals surface area (Å²) < 4.78 is 0. The highest BCUT2D eigenvalue weighted by atomic mass is 15.2. The zero-order valence-corrected chi connectivity index (χ0v) is 12.5. The molecule has 0 saturated heterocycles. The van der Waals surface area contributed by atoms with Crippen molar-refractivity contribution in [1.82, 2.24) is 10.6 Å². The molecule has 0 atom stereocenters. The summed E-state index contributed by atoms with van der Waals surface area (Å²) in [7, 11) is 0. The van der Waals surface area contributed by atoms with Gasteiger partial charge in [0.15, 0.2) is 5.96 Å². The Morgan fingerprint density at radius 3 is 2.60 bits per heavy atom. The van der Waals surface area contributed by atoms with E-state index in [9.17, 15) is 0 Å². The van der Waals surface area contributed by atoms with E-state index in [4.69, 9.17) is 0 Å². The smallest absolute Gasteiger partial charge is 0.191 e. The Balaban J connectivity index is 2.22. The second-order valence-corrected chi connectivity index (χ2v) is 5.13. The average Bonchev–Trinajstić information content (AvgIpc) is 2.44. The van der Waals surface area contributed by atoms with Crippen LogP contribution in [-0.4, -0.2) is 18.5 Å². The summed E-state index contributed by atoms with van der Waals surface area (Å²) in [5.74, 6) is 0.871. The first-order chi connectivity index (χ1) is 9.70. The Labute approximate surface area is 121 Å². The second kappa shape index (κ2) is 6.94. The largest absolute Gasteiger partial charge is 0.357 e. The van der Waals surface area contributed by atoms with Crippen LogP contribution in [0.15, 0.2) is 47.5 Å². The van der Waals surface area contributed by atoms with Gasteiger partial charge in [-0.15, -0.1) is 0 Å². The van der Waals surface area contributed by atoms with E-state index in [1.165, 1.54) is 16.3 Å². The molecule has 0 heterocycles. The summed E-state index contributed by atoms with van der Waals surface area (Å²) in [6.07, 6.45) is 0. The Bertz CT molecular complexity index is 582. The first kappa shape index (κ1) is 14.4. The summed E-state index contributed by atoms with van der Waals surface area (Å²) >= 11 is 0. The molecule has 0 aliphatic rings. The Hall–Kier alpha value is -2.03. The molecule has 3 heteroatoms. The number of nitrogens with one attached hydrogen (secondary N) is 2. The summed E-state index contributed by atoms with van der Waals surface area (Å²) in [4.78, 5) is 4.67. The minimum absolute atomic E-state index is 0.375. The Morgan fingerprint density at radius 1 is 1.10 bits per heavy atom. The van der Waals surface area contributed by atoms with Crippen LogP contribution in [-0.2, 0) is 6.54 Å². The Kier molecular flexibility index (Phi) is 4.99. The minimum atomic E-state index is 0.375. The molecule has 20 heavy (non-hydrogen) atoms. The van der Waals surface area contributed by atoms with Crippen molar-refractivity contribution in [3.63, 3.8) is 0 Å². The molecule has 0 saturated carbocycles. The monoisotopic (exact) mass is 269 g/mol. The first-order valence-corrected chi connectivity index (χ1v) is 7.22. The highest BCUT2D eigenvalue weighted by molar-refractivity contribution is 5.86. The van der Waals surface area contributed by atoms with E-state index in [1.807, 2.05) is 0 Å². The third-order valence-corrected chi connectivity index (χ3v) is 3.06. The fourth-order valence-corrected chi connectivity index (χ4v) is 2.19. The van der Waals surface area contributed by atoms with Gasteiger partial charge in [-0.3, -0.25) is 0 Å². The van der Waals surface area contributed by atoms with Crippen LogP contribution in [0, 0.1) is 0 Å². The molecule has 0 aromatic heterocycles. The van der Waals surface area contributed by atoms with Gasteiger partial charge in [-0.1, -0.05) is 42.5 Å². The van der Waals surface area contributed by atoms with E-state index >= 15 is 0 Å². The molecule has 0 aliphatic heterocycles. The lowest BCUT2D eigenvalue weighted by Gasteiger charge is -2.14. The number of hydrogen-bond acceptors (Lipinski definition) is 1. The summed E-state index contributed by atoms with van der Waals surface area (Å²) in [5.41, 5.74) is 1.25. The van der Waals surface area contributed by atoms with Crippen molar-refractivity contribution in [2.24, 2.45) is 4.99 Å². The average molecular weight is 269 g/mol. The molecule has 2 aromatic carbocycles. The number of rotatable bonds is 4. The molecule has 0 spiro atoms. The van der Waals surface area contributed by atoms with Crippen LogP contribution in [0.1, 0.15) is 26.3 Å². The molecular weight excluding hydrogens is 246 g/mol. The normalized spacial score (nSPS) is 11.9. The highest BCUT2D eigenvalue weighted by Crippen LogP contribution is 2.18. The fourth-order valence-electron chi connectivity index (χ4n) is 2.19. The minimum Gasteiger partial charge on any atom is -0.357 e. The molecule has 2 N–H and O–H groups in total. The van der Waals surface area contributed by atoms with Crippen LogP contribution >= 0.6 is 0 Å². The lowest BCUT2D eigenvalue weighted by molar-refractivity contribution is 0.701. The summed E-state index contributed by atoms with van der Waals surface area (Å²) in [5, 5.41) is 9.15. The molecule has 0 fully saturated rings. The van der Waals surface area contributed by atoms with E-state index in [0.717, 1.165) is 12.5 Å². The van der Waals surface area contributed by atoms with Crippen LogP contribution in [0.25, 0.3) is 10.8 Å². The third-order valence-electron chi connectivity index (χ3n) is 3.06. The maximum atomic E-state index is 4.67. The fraction of sp³-hybridized carbons (Fsp3) is 0.353. The van der Waals surface area contributed by atoms with E-state index in [2.05, 4.69) is 78.9 Å². The van der Waals surface area contributed by atoms with E-state index in [0.29, 0.717) is 12.6 Å². The molecule has 3 nitrogen and oxygen atoms in total. The zero-order chi connectivity index (χ0) is 14.4. The van der Waals surface area contributed by atoms with Crippen molar-refractivity contribution in [1.29, 1.82) is 0 Å². The third kappa shape index (κ3) is 3.73. The molecule has 0 unspecified atom stereocenters. The van der Waals surface area contributed by atoms with Gasteiger partial charge in [0.1, 0.15) is 0 Å². The molecule has 0 amide bonds.